The molecule has 2 fully saturated rings. The average Bonchev–Trinajstić information content (AvgIpc) is 2.96. The molecule has 1 aromatic rings. The van der Waals surface area contributed by atoms with Gasteiger partial charge in [-0.2, -0.15) is 0 Å². The van der Waals surface area contributed by atoms with Crippen molar-refractivity contribution >= 4 is 5.91 Å². The molecule has 0 spiro atoms. The summed E-state index contributed by atoms with van der Waals surface area (Å²) in [5, 5.41) is 0. The molecule has 1 aromatic heterocycles. The Labute approximate surface area is 139 Å². The Bertz CT molecular complexity index is 491. The molecular weight excluding hydrogens is 286 g/mol. The van der Waals surface area contributed by atoms with Crippen LogP contribution in [-0.4, -0.2) is 46.9 Å². The van der Waals surface area contributed by atoms with Crippen LogP contribution in [0.2, 0.25) is 0 Å². The minimum Gasteiger partial charge on any atom is -0.341 e. The highest BCUT2D eigenvalue weighted by Gasteiger charge is 2.34. The summed E-state index contributed by atoms with van der Waals surface area (Å²) < 4.78 is 0. The summed E-state index contributed by atoms with van der Waals surface area (Å²) in [5.41, 5.74) is 1.04. The van der Waals surface area contributed by atoms with E-state index in [-0.39, 0.29) is 11.9 Å². The lowest BCUT2D eigenvalue weighted by atomic mass is 10.0. The Morgan fingerprint density at radius 2 is 1.87 bits per heavy atom. The monoisotopic (exact) mass is 315 g/mol. The molecule has 4 nitrogen and oxygen atoms in total. The molecule has 2 heterocycles. The van der Waals surface area contributed by atoms with Crippen LogP contribution < -0.4 is 0 Å². The summed E-state index contributed by atoms with van der Waals surface area (Å²) in [4.78, 5) is 21.9. The van der Waals surface area contributed by atoms with E-state index in [1.54, 1.807) is 6.20 Å². The van der Waals surface area contributed by atoms with Gasteiger partial charge in [-0.15, -0.1) is 0 Å². The summed E-state index contributed by atoms with van der Waals surface area (Å²) in [5.74, 6) is 0.256. The van der Waals surface area contributed by atoms with Crippen molar-refractivity contribution in [3.05, 3.63) is 30.1 Å². The first-order chi connectivity index (χ1) is 11.3. The number of pyridine rings is 1. The van der Waals surface area contributed by atoms with Gasteiger partial charge in [0.1, 0.15) is 6.04 Å². The Morgan fingerprint density at radius 3 is 2.48 bits per heavy atom. The number of likely N-dealkylation sites (N-methyl/N-ethyl adjacent to an activating group) is 1. The van der Waals surface area contributed by atoms with Crippen molar-refractivity contribution in [3.8, 4) is 0 Å². The zero-order chi connectivity index (χ0) is 16.1. The van der Waals surface area contributed by atoms with E-state index in [0.717, 1.165) is 31.5 Å². The van der Waals surface area contributed by atoms with E-state index in [2.05, 4.69) is 16.0 Å². The third kappa shape index (κ3) is 3.92. The average molecular weight is 315 g/mol. The Morgan fingerprint density at radius 1 is 1.17 bits per heavy atom. The van der Waals surface area contributed by atoms with Crippen molar-refractivity contribution in [1.29, 1.82) is 0 Å². The third-order valence-electron chi connectivity index (χ3n) is 5.46. The number of likely N-dealkylation sites (tertiary alicyclic amines) is 1. The standard InChI is InChI=1S/C19H29N3O/c1-21(17-10-4-2-3-5-11-17)19(23)18(22-13-6-7-14-22)16-9-8-12-20-15-16/h8-9,12,15,17-18H,2-7,10-11,13-14H2,1H3. The van der Waals surface area contributed by atoms with Gasteiger partial charge in [-0.1, -0.05) is 31.7 Å². The summed E-state index contributed by atoms with van der Waals surface area (Å²) in [6, 6.07) is 4.25. The van der Waals surface area contributed by atoms with Gasteiger partial charge in [0.15, 0.2) is 0 Å². The second-order valence-electron chi connectivity index (χ2n) is 7.03. The predicted molar refractivity (Wildman–Crippen MR) is 92.0 cm³/mol. The maximum absolute atomic E-state index is 13.3. The van der Waals surface area contributed by atoms with Gasteiger partial charge in [0.25, 0.3) is 0 Å². The van der Waals surface area contributed by atoms with Gasteiger partial charge >= 0.3 is 0 Å². The van der Waals surface area contributed by atoms with Crippen LogP contribution in [0.25, 0.3) is 0 Å². The van der Waals surface area contributed by atoms with E-state index in [4.69, 9.17) is 0 Å². The molecule has 1 aliphatic carbocycles. The number of nitrogens with zero attached hydrogens (tertiary/aromatic N) is 3. The van der Waals surface area contributed by atoms with E-state index in [1.165, 1.54) is 38.5 Å². The van der Waals surface area contributed by atoms with Gasteiger partial charge in [0.05, 0.1) is 0 Å². The summed E-state index contributed by atoms with van der Waals surface area (Å²) in [6.45, 7) is 2.04. The zero-order valence-corrected chi connectivity index (χ0v) is 14.3. The van der Waals surface area contributed by atoms with Crippen molar-refractivity contribution in [2.45, 2.75) is 63.5 Å². The maximum atomic E-state index is 13.3. The van der Waals surface area contributed by atoms with Crippen LogP contribution in [0.15, 0.2) is 24.5 Å². The molecule has 0 radical (unpaired) electrons. The number of hydrogen-bond acceptors (Lipinski definition) is 3. The lowest BCUT2D eigenvalue weighted by Gasteiger charge is -2.34. The normalized spacial score (nSPS) is 21.8. The molecule has 4 heteroatoms. The van der Waals surface area contributed by atoms with Crippen LogP contribution in [0.3, 0.4) is 0 Å². The van der Waals surface area contributed by atoms with E-state index in [0.29, 0.717) is 6.04 Å². The maximum Gasteiger partial charge on any atom is 0.244 e. The van der Waals surface area contributed by atoms with E-state index in [9.17, 15) is 4.79 Å². The highest BCUT2D eigenvalue weighted by molar-refractivity contribution is 5.83. The Hall–Kier alpha value is -1.42. The zero-order valence-electron chi connectivity index (χ0n) is 14.3. The van der Waals surface area contributed by atoms with Gasteiger partial charge in [0, 0.05) is 25.5 Å². The number of rotatable bonds is 4. The second-order valence-corrected chi connectivity index (χ2v) is 7.03. The molecule has 3 rings (SSSR count). The van der Waals surface area contributed by atoms with E-state index < -0.39 is 0 Å². The van der Waals surface area contributed by atoms with Crippen LogP contribution in [0.1, 0.15) is 63.0 Å². The van der Waals surface area contributed by atoms with Crippen LogP contribution in [-0.2, 0) is 4.79 Å². The first kappa shape index (κ1) is 16.4. The number of carbonyl (C=O) groups excluding carboxylic acids is 1. The molecule has 1 amide bonds. The molecule has 23 heavy (non-hydrogen) atoms. The smallest absolute Gasteiger partial charge is 0.244 e. The minimum atomic E-state index is -0.153. The summed E-state index contributed by atoms with van der Waals surface area (Å²) in [7, 11) is 2.01. The van der Waals surface area contributed by atoms with Crippen molar-refractivity contribution in [3.63, 3.8) is 0 Å². The van der Waals surface area contributed by atoms with Crippen LogP contribution in [0, 0.1) is 0 Å². The Kier molecular flexibility index (Phi) is 5.65. The van der Waals surface area contributed by atoms with Crippen molar-refractivity contribution in [1.82, 2.24) is 14.8 Å². The van der Waals surface area contributed by atoms with Gasteiger partial charge in [0.2, 0.25) is 5.91 Å². The summed E-state index contributed by atoms with van der Waals surface area (Å²) >= 11 is 0. The molecule has 126 valence electrons. The van der Waals surface area contributed by atoms with E-state index in [1.807, 2.05) is 24.2 Å². The molecule has 0 bridgehead atoms. The topological polar surface area (TPSA) is 36.4 Å². The van der Waals surface area contributed by atoms with Crippen LogP contribution in [0.5, 0.6) is 0 Å². The second kappa shape index (κ2) is 7.91. The number of aromatic nitrogens is 1. The third-order valence-corrected chi connectivity index (χ3v) is 5.46. The van der Waals surface area contributed by atoms with Crippen LogP contribution in [0.4, 0.5) is 0 Å². The number of amides is 1. The van der Waals surface area contributed by atoms with Gasteiger partial charge in [-0.3, -0.25) is 14.7 Å². The minimum absolute atomic E-state index is 0.153. The molecular formula is C19H29N3O. The van der Waals surface area contributed by atoms with Gasteiger partial charge < -0.3 is 4.90 Å². The summed E-state index contributed by atoms with van der Waals surface area (Å²) in [6.07, 6.45) is 13.5. The molecule has 1 unspecified atom stereocenters. The molecule has 0 N–H and O–H groups in total. The lowest BCUT2D eigenvalue weighted by Crippen LogP contribution is -2.44. The predicted octanol–water partition coefficient (Wildman–Crippen LogP) is 3.40. The fraction of sp³-hybridized carbons (Fsp3) is 0.684. The van der Waals surface area contributed by atoms with Crippen molar-refractivity contribution in [2.24, 2.45) is 0 Å². The largest absolute Gasteiger partial charge is 0.341 e. The van der Waals surface area contributed by atoms with Crippen molar-refractivity contribution in [2.75, 3.05) is 20.1 Å². The van der Waals surface area contributed by atoms with Crippen molar-refractivity contribution < 1.29 is 4.79 Å². The van der Waals surface area contributed by atoms with Gasteiger partial charge in [-0.25, -0.2) is 0 Å². The first-order valence-electron chi connectivity index (χ1n) is 9.18. The molecule has 0 aromatic carbocycles. The highest BCUT2D eigenvalue weighted by atomic mass is 16.2. The molecule has 1 saturated heterocycles. The molecule has 1 aliphatic heterocycles. The molecule has 2 aliphatic rings. The fourth-order valence-electron chi connectivity index (χ4n) is 4.07. The highest BCUT2D eigenvalue weighted by Crippen LogP contribution is 2.29. The molecule has 1 saturated carbocycles. The van der Waals surface area contributed by atoms with Gasteiger partial charge in [-0.05, 0) is 50.4 Å². The quantitative estimate of drug-likeness (QED) is 0.799. The Balaban J connectivity index is 1.79. The van der Waals surface area contributed by atoms with E-state index >= 15 is 0 Å². The van der Waals surface area contributed by atoms with Crippen LogP contribution >= 0.6 is 0 Å². The molecule has 1 atom stereocenters. The lowest BCUT2D eigenvalue weighted by molar-refractivity contribution is -0.138. The number of hydrogen-bond donors (Lipinski definition) is 0. The number of carbonyl (C=O) groups is 1. The SMILES string of the molecule is CN(C(=O)C(c1cccnc1)N1CCCC1)C1CCCCCC1. The first-order valence-corrected chi connectivity index (χ1v) is 9.18. The fourth-order valence-corrected chi connectivity index (χ4v) is 4.07.